The highest BCUT2D eigenvalue weighted by atomic mass is 32.2. The maximum absolute atomic E-state index is 13.0. The third-order valence-electron chi connectivity index (χ3n) is 6.48. The van der Waals surface area contributed by atoms with Crippen LogP contribution in [0.5, 0.6) is 5.75 Å². The zero-order valence-electron chi connectivity index (χ0n) is 23.6. The van der Waals surface area contributed by atoms with Crippen molar-refractivity contribution >= 4 is 40.2 Å². The van der Waals surface area contributed by atoms with Crippen molar-refractivity contribution in [3.8, 4) is 28.9 Å². The monoisotopic (exact) mass is 619 g/mol. The van der Waals surface area contributed by atoms with Gasteiger partial charge in [-0.25, -0.2) is 14.5 Å². The van der Waals surface area contributed by atoms with Crippen molar-refractivity contribution in [1.29, 1.82) is 5.26 Å². The van der Waals surface area contributed by atoms with E-state index in [9.17, 15) is 28.0 Å². The second-order valence-electron chi connectivity index (χ2n) is 9.99. The molecule has 2 heterocycles. The number of anilines is 2. The number of nitrogens with one attached hydrogen (secondary N) is 1. The Balaban J connectivity index is 1.34. The van der Waals surface area contributed by atoms with Crippen molar-refractivity contribution in [3.05, 3.63) is 83.7 Å². The van der Waals surface area contributed by atoms with Gasteiger partial charge in [0.15, 0.2) is 11.0 Å². The third kappa shape index (κ3) is 6.73. The SMILES string of the molecule is Cc1ccc(C(C)C)c(N2C(=O)CSC2=NC(=O)Nc2ccc(-c3ncn(-c4ccc(OC(F)(F)F)cc4)n3)cc2C#N)c1. The van der Waals surface area contributed by atoms with Gasteiger partial charge in [0.05, 0.1) is 28.4 Å². The number of aliphatic imine (C=N–C) groups is 1. The fourth-order valence-electron chi connectivity index (χ4n) is 4.45. The molecule has 1 N–H and O–H groups in total. The Morgan fingerprint density at radius 2 is 1.89 bits per heavy atom. The average molecular weight is 620 g/mol. The van der Waals surface area contributed by atoms with Crippen molar-refractivity contribution in [1.82, 2.24) is 14.8 Å². The van der Waals surface area contributed by atoms with E-state index in [1.807, 2.05) is 45.0 Å². The summed E-state index contributed by atoms with van der Waals surface area (Å²) < 4.78 is 42.5. The Labute approximate surface area is 254 Å². The largest absolute Gasteiger partial charge is 0.573 e. The molecule has 0 bridgehead atoms. The van der Waals surface area contributed by atoms with Crippen LogP contribution in [0.3, 0.4) is 0 Å². The highest BCUT2D eigenvalue weighted by Gasteiger charge is 2.33. The van der Waals surface area contributed by atoms with Gasteiger partial charge in [-0.1, -0.05) is 37.7 Å². The molecule has 0 spiro atoms. The first-order valence-corrected chi connectivity index (χ1v) is 14.2. The van der Waals surface area contributed by atoms with Gasteiger partial charge in [0.2, 0.25) is 5.91 Å². The van der Waals surface area contributed by atoms with Crippen LogP contribution in [-0.2, 0) is 4.79 Å². The Hall–Kier alpha value is -5.16. The number of urea groups is 1. The summed E-state index contributed by atoms with van der Waals surface area (Å²) in [6, 6.07) is 16.8. The molecule has 0 aliphatic carbocycles. The normalized spacial score (nSPS) is 14.3. The number of nitriles is 1. The van der Waals surface area contributed by atoms with Crippen LogP contribution in [0.4, 0.5) is 29.3 Å². The number of rotatable bonds is 6. The molecule has 1 aromatic heterocycles. The summed E-state index contributed by atoms with van der Waals surface area (Å²) in [4.78, 5) is 35.6. The zero-order chi connectivity index (χ0) is 31.6. The molecule has 10 nitrogen and oxygen atoms in total. The van der Waals surface area contributed by atoms with Gasteiger partial charge in [-0.05, 0) is 72.5 Å². The van der Waals surface area contributed by atoms with E-state index in [0.29, 0.717) is 16.9 Å². The van der Waals surface area contributed by atoms with E-state index >= 15 is 0 Å². The number of halogens is 3. The van der Waals surface area contributed by atoms with Crippen LogP contribution in [0.1, 0.15) is 36.5 Å². The number of thioether (sulfide) groups is 1. The minimum atomic E-state index is -4.80. The van der Waals surface area contributed by atoms with Crippen molar-refractivity contribution in [2.24, 2.45) is 4.99 Å². The fraction of sp³-hybridized carbons (Fsp3) is 0.200. The van der Waals surface area contributed by atoms with E-state index in [1.54, 1.807) is 6.07 Å². The molecule has 4 aromatic rings. The van der Waals surface area contributed by atoms with E-state index < -0.39 is 12.4 Å². The lowest BCUT2D eigenvalue weighted by molar-refractivity contribution is -0.274. The Morgan fingerprint density at radius 3 is 2.57 bits per heavy atom. The molecular weight excluding hydrogens is 595 g/mol. The summed E-state index contributed by atoms with van der Waals surface area (Å²) in [6.45, 7) is 5.96. The smallest absolute Gasteiger partial charge is 0.406 e. The molecule has 44 heavy (non-hydrogen) atoms. The molecule has 0 saturated carbocycles. The zero-order valence-corrected chi connectivity index (χ0v) is 24.4. The number of carbonyl (C=O) groups is 2. The first-order valence-electron chi connectivity index (χ1n) is 13.2. The van der Waals surface area contributed by atoms with Gasteiger partial charge in [-0.2, -0.15) is 10.3 Å². The molecule has 3 aromatic carbocycles. The maximum atomic E-state index is 13.0. The molecule has 3 amide bonds. The predicted octanol–water partition coefficient (Wildman–Crippen LogP) is 6.80. The van der Waals surface area contributed by atoms with E-state index in [-0.39, 0.29) is 45.6 Å². The second kappa shape index (κ2) is 12.2. The van der Waals surface area contributed by atoms with Gasteiger partial charge in [0, 0.05) is 5.56 Å². The van der Waals surface area contributed by atoms with E-state index in [2.05, 4.69) is 25.1 Å². The summed E-state index contributed by atoms with van der Waals surface area (Å²) in [5.41, 5.74) is 3.81. The summed E-state index contributed by atoms with van der Waals surface area (Å²) in [5.74, 6) is -0.0418. The molecule has 0 radical (unpaired) electrons. The standard InChI is InChI=1S/C30H24F3N7O3S/c1-17(2)23-10-4-18(3)12-25(23)40-26(41)15-44-29(40)37-28(42)36-24-11-5-19(13-20(24)14-34)27-35-16-39(38-27)21-6-8-22(9-7-21)43-30(31,32)33/h4-13,16-17H,15H2,1-3H3,(H,36,42). The van der Waals surface area contributed by atoms with Gasteiger partial charge in [0.25, 0.3) is 0 Å². The average Bonchev–Trinajstić information content (AvgIpc) is 3.59. The number of hydrogen-bond donors (Lipinski definition) is 1. The predicted molar refractivity (Wildman–Crippen MR) is 160 cm³/mol. The van der Waals surface area contributed by atoms with Crippen molar-refractivity contribution in [3.63, 3.8) is 0 Å². The van der Waals surface area contributed by atoms with Crippen LogP contribution in [0.25, 0.3) is 17.1 Å². The number of ether oxygens (including phenoxy) is 1. The first kappa shape index (κ1) is 30.3. The molecule has 0 unspecified atom stereocenters. The fourth-order valence-corrected chi connectivity index (χ4v) is 5.31. The summed E-state index contributed by atoms with van der Waals surface area (Å²) in [5, 5.41) is 17.0. The number of benzene rings is 3. The molecular formula is C30H24F3N7O3S. The highest BCUT2D eigenvalue weighted by molar-refractivity contribution is 8.15. The molecule has 0 atom stereocenters. The molecule has 1 saturated heterocycles. The highest BCUT2D eigenvalue weighted by Crippen LogP contribution is 2.34. The Kier molecular flexibility index (Phi) is 8.41. The summed E-state index contributed by atoms with van der Waals surface area (Å²) >= 11 is 1.16. The number of amides is 3. The van der Waals surface area contributed by atoms with Gasteiger partial charge in [-0.15, -0.1) is 18.3 Å². The first-order chi connectivity index (χ1) is 20.9. The number of nitrogens with zero attached hydrogens (tertiary/aromatic N) is 6. The lowest BCUT2D eigenvalue weighted by Gasteiger charge is -2.22. The number of aromatic nitrogens is 3. The van der Waals surface area contributed by atoms with Gasteiger partial charge < -0.3 is 10.1 Å². The van der Waals surface area contributed by atoms with Crippen molar-refractivity contribution in [2.75, 3.05) is 16.0 Å². The molecule has 224 valence electrons. The minimum absolute atomic E-state index is 0.119. The number of alkyl halides is 3. The number of hydrogen-bond acceptors (Lipinski definition) is 7. The van der Waals surface area contributed by atoms with Crippen LogP contribution in [0.2, 0.25) is 0 Å². The second-order valence-corrected chi connectivity index (χ2v) is 10.9. The quantitative estimate of drug-likeness (QED) is 0.252. The van der Waals surface area contributed by atoms with Gasteiger partial charge in [-0.3, -0.25) is 9.69 Å². The van der Waals surface area contributed by atoms with Crippen molar-refractivity contribution < 1.29 is 27.5 Å². The van der Waals surface area contributed by atoms with Crippen LogP contribution < -0.4 is 15.0 Å². The number of aryl methyl sites for hydroxylation is 1. The van der Waals surface area contributed by atoms with E-state index in [4.69, 9.17) is 0 Å². The van der Waals surface area contributed by atoms with E-state index in [0.717, 1.165) is 35.0 Å². The molecule has 1 fully saturated rings. The van der Waals surface area contributed by atoms with Crippen LogP contribution in [-0.4, -0.2) is 44.0 Å². The van der Waals surface area contributed by atoms with Crippen LogP contribution in [0.15, 0.2) is 72.0 Å². The van der Waals surface area contributed by atoms with Crippen LogP contribution in [0, 0.1) is 18.3 Å². The maximum Gasteiger partial charge on any atom is 0.573 e. The van der Waals surface area contributed by atoms with Crippen LogP contribution >= 0.6 is 11.8 Å². The van der Waals surface area contributed by atoms with Crippen molar-refractivity contribution in [2.45, 2.75) is 33.1 Å². The number of amidine groups is 1. The Bertz CT molecular complexity index is 1810. The lowest BCUT2D eigenvalue weighted by atomic mass is 9.99. The third-order valence-corrected chi connectivity index (χ3v) is 7.40. The Morgan fingerprint density at radius 1 is 1.14 bits per heavy atom. The number of carbonyl (C=O) groups excluding carboxylic acids is 2. The molecule has 5 rings (SSSR count). The summed E-state index contributed by atoms with van der Waals surface area (Å²) in [6.07, 6.45) is -3.43. The topological polar surface area (TPSA) is 126 Å². The molecule has 1 aliphatic heterocycles. The lowest BCUT2D eigenvalue weighted by Crippen LogP contribution is -2.31. The molecule has 1 aliphatic rings. The van der Waals surface area contributed by atoms with Gasteiger partial charge >= 0.3 is 12.4 Å². The van der Waals surface area contributed by atoms with Gasteiger partial charge in [0.1, 0.15) is 18.1 Å². The summed E-state index contributed by atoms with van der Waals surface area (Å²) in [7, 11) is 0. The van der Waals surface area contributed by atoms with E-state index in [1.165, 1.54) is 40.2 Å². The minimum Gasteiger partial charge on any atom is -0.406 e. The molecule has 14 heteroatoms.